The molecule has 2 heterocycles. The molecule has 0 saturated carbocycles. The fraction of sp³-hybridized carbons (Fsp3) is 0.474. The first-order valence-electron chi connectivity index (χ1n) is 9.52. The van der Waals surface area contributed by atoms with Gasteiger partial charge in [-0.3, -0.25) is 4.79 Å². The Morgan fingerprint density at radius 3 is 2.84 bits per heavy atom. The van der Waals surface area contributed by atoms with Crippen LogP contribution in [0, 0.1) is 5.82 Å². The number of hydrogen-bond acceptors (Lipinski definition) is 6. The average molecular weight is 491 g/mol. The molecule has 2 atom stereocenters. The number of amides is 1. The Hall–Kier alpha value is -1.63. The second-order valence-electron chi connectivity index (χ2n) is 7.74. The van der Waals surface area contributed by atoms with E-state index >= 15 is 0 Å². The predicted molar refractivity (Wildman–Crippen MR) is 118 cm³/mol. The number of nitrogens with one attached hydrogen (secondary N) is 2. The van der Waals surface area contributed by atoms with Crippen LogP contribution in [0.15, 0.2) is 29.8 Å². The summed E-state index contributed by atoms with van der Waals surface area (Å²) in [4.78, 5) is 17.3. The molecule has 2 N–H and O–H groups in total. The summed E-state index contributed by atoms with van der Waals surface area (Å²) in [6, 6.07) is 2.14. The van der Waals surface area contributed by atoms with Crippen molar-refractivity contribution in [1.29, 1.82) is 0 Å². The molecule has 31 heavy (non-hydrogen) atoms. The Bertz CT molecular complexity index is 1030. The molecule has 0 unspecified atom stereocenters. The maximum absolute atomic E-state index is 13.5. The van der Waals surface area contributed by atoms with Crippen molar-refractivity contribution in [1.82, 2.24) is 14.0 Å². The van der Waals surface area contributed by atoms with Gasteiger partial charge in [-0.2, -0.15) is 17.4 Å². The van der Waals surface area contributed by atoms with Crippen molar-refractivity contribution in [2.45, 2.75) is 44.4 Å². The average Bonchev–Trinajstić information content (AvgIpc) is 3.23. The molecule has 8 nitrogen and oxygen atoms in total. The summed E-state index contributed by atoms with van der Waals surface area (Å²) in [5.41, 5.74) is -0.303. The van der Waals surface area contributed by atoms with Crippen molar-refractivity contribution in [3.05, 3.63) is 45.6 Å². The minimum atomic E-state index is -3.98. The zero-order chi connectivity index (χ0) is 22.8. The standard InChI is InChI=1S/C19H24ClFN4O4S2/c1-19(2,29-3)6-8-25-16(17(26)23-12-4-5-14(21)13(20)10-12)11-15(24-31(25,27)28)18-22-7-9-30-18/h4-5,7,9-10,15-16,24H,6,8,11H2,1-3H3,(H,23,26)/t15-,16+/m0/s1. The largest absolute Gasteiger partial charge is 0.379 e. The molecule has 1 aromatic heterocycles. The summed E-state index contributed by atoms with van der Waals surface area (Å²) < 4.78 is 48.7. The van der Waals surface area contributed by atoms with E-state index < -0.39 is 39.6 Å². The van der Waals surface area contributed by atoms with Crippen molar-refractivity contribution in [2.24, 2.45) is 0 Å². The monoisotopic (exact) mass is 490 g/mol. The number of hydrogen-bond donors (Lipinski definition) is 2. The lowest BCUT2D eigenvalue weighted by Gasteiger charge is -2.38. The van der Waals surface area contributed by atoms with Gasteiger partial charge in [0.15, 0.2) is 0 Å². The third-order valence-electron chi connectivity index (χ3n) is 5.13. The Balaban J connectivity index is 1.88. The third kappa shape index (κ3) is 5.79. The number of ether oxygens (including phenoxy) is 1. The second kappa shape index (κ2) is 9.47. The molecule has 3 rings (SSSR count). The van der Waals surface area contributed by atoms with Crippen LogP contribution in [0.2, 0.25) is 5.02 Å². The highest BCUT2D eigenvalue weighted by molar-refractivity contribution is 7.87. The van der Waals surface area contributed by atoms with Crippen LogP contribution in [0.25, 0.3) is 0 Å². The number of nitrogens with zero attached hydrogens (tertiary/aromatic N) is 2. The first kappa shape index (κ1) is 24.0. The Kier molecular flexibility index (Phi) is 7.34. The number of thiazole rings is 1. The normalized spacial score (nSPS) is 21.7. The number of benzene rings is 1. The molecular weight excluding hydrogens is 467 g/mol. The van der Waals surface area contributed by atoms with Crippen LogP contribution in [0.1, 0.15) is 37.7 Å². The van der Waals surface area contributed by atoms with E-state index in [4.69, 9.17) is 16.3 Å². The number of halogens is 2. The van der Waals surface area contributed by atoms with Gasteiger partial charge in [0.1, 0.15) is 16.9 Å². The molecule has 0 bridgehead atoms. The highest BCUT2D eigenvalue weighted by atomic mass is 35.5. The zero-order valence-electron chi connectivity index (χ0n) is 17.3. The fourth-order valence-electron chi connectivity index (χ4n) is 3.16. The van der Waals surface area contributed by atoms with Crippen LogP contribution in [0.4, 0.5) is 10.1 Å². The third-order valence-corrected chi connectivity index (χ3v) is 7.95. The molecule has 1 fully saturated rings. The van der Waals surface area contributed by atoms with Crippen LogP contribution in [-0.2, 0) is 19.7 Å². The summed E-state index contributed by atoms with van der Waals surface area (Å²) in [7, 11) is -2.44. The van der Waals surface area contributed by atoms with Crippen LogP contribution in [0.5, 0.6) is 0 Å². The van der Waals surface area contributed by atoms with E-state index in [-0.39, 0.29) is 23.7 Å². The molecule has 0 spiro atoms. The van der Waals surface area contributed by atoms with E-state index in [1.54, 1.807) is 18.7 Å². The molecule has 170 valence electrons. The van der Waals surface area contributed by atoms with Crippen molar-refractivity contribution >= 4 is 44.7 Å². The minimum absolute atomic E-state index is 0.0724. The Morgan fingerprint density at radius 2 is 2.23 bits per heavy atom. The van der Waals surface area contributed by atoms with E-state index in [9.17, 15) is 17.6 Å². The maximum Gasteiger partial charge on any atom is 0.280 e. The lowest BCUT2D eigenvalue weighted by Crippen LogP contribution is -2.58. The van der Waals surface area contributed by atoms with Crippen LogP contribution < -0.4 is 10.0 Å². The van der Waals surface area contributed by atoms with Gasteiger partial charge in [0, 0.05) is 30.9 Å². The van der Waals surface area contributed by atoms with E-state index in [0.717, 1.165) is 10.4 Å². The Morgan fingerprint density at radius 1 is 1.48 bits per heavy atom. The second-order valence-corrected chi connectivity index (χ2v) is 10.7. The van der Waals surface area contributed by atoms with Gasteiger partial charge < -0.3 is 10.1 Å². The first-order valence-corrected chi connectivity index (χ1v) is 12.2. The Labute approximate surface area is 189 Å². The van der Waals surface area contributed by atoms with Gasteiger partial charge in [0.05, 0.1) is 16.7 Å². The number of carbonyl (C=O) groups is 1. The molecule has 1 saturated heterocycles. The summed E-state index contributed by atoms with van der Waals surface area (Å²) in [5, 5.41) is 4.82. The summed E-state index contributed by atoms with van der Waals surface area (Å²) in [5.74, 6) is -1.15. The van der Waals surface area contributed by atoms with Crippen molar-refractivity contribution in [2.75, 3.05) is 19.0 Å². The van der Waals surface area contributed by atoms with Gasteiger partial charge in [0.2, 0.25) is 5.91 Å². The van der Waals surface area contributed by atoms with Crippen molar-refractivity contribution in [3.8, 4) is 0 Å². The number of methoxy groups -OCH3 is 1. The van der Waals surface area contributed by atoms with Gasteiger partial charge >= 0.3 is 0 Å². The van der Waals surface area contributed by atoms with E-state index in [1.165, 1.54) is 23.5 Å². The first-order chi connectivity index (χ1) is 14.5. The van der Waals surface area contributed by atoms with Gasteiger partial charge in [-0.1, -0.05) is 11.6 Å². The summed E-state index contributed by atoms with van der Waals surface area (Å²) in [6.07, 6.45) is 2.14. The molecule has 1 aliphatic rings. The van der Waals surface area contributed by atoms with Crippen molar-refractivity contribution in [3.63, 3.8) is 0 Å². The van der Waals surface area contributed by atoms with Gasteiger partial charge in [0.25, 0.3) is 10.2 Å². The van der Waals surface area contributed by atoms with E-state index in [1.807, 2.05) is 13.8 Å². The predicted octanol–water partition coefficient (Wildman–Crippen LogP) is 3.34. The zero-order valence-corrected chi connectivity index (χ0v) is 19.7. The molecule has 1 amide bonds. The van der Waals surface area contributed by atoms with Crippen LogP contribution in [-0.4, -0.2) is 48.9 Å². The molecule has 12 heteroatoms. The maximum atomic E-state index is 13.5. The van der Waals surface area contributed by atoms with Crippen molar-refractivity contribution < 1.29 is 22.3 Å². The number of carbonyl (C=O) groups excluding carboxylic acids is 1. The molecular formula is C19H24ClFN4O4S2. The molecule has 0 radical (unpaired) electrons. The molecule has 0 aliphatic carbocycles. The van der Waals surface area contributed by atoms with E-state index in [0.29, 0.717) is 11.4 Å². The SMILES string of the molecule is COC(C)(C)CCN1[C@@H](C(=O)Nc2ccc(F)c(Cl)c2)C[C@@H](c2nccs2)NS1(=O)=O. The summed E-state index contributed by atoms with van der Waals surface area (Å²) in [6.45, 7) is 3.75. The summed E-state index contributed by atoms with van der Waals surface area (Å²) >= 11 is 7.11. The smallest absolute Gasteiger partial charge is 0.280 e. The number of aromatic nitrogens is 1. The van der Waals surface area contributed by atoms with Gasteiger partial charge in [-0.15, -0.1) is 11.3 Å². The number of rotatable bonds is 7. The lowest BCUT2D eigenvalue weighted by molar-refractivity contribution is -0.120. The fourth-order valence-corrected chi connectivity index (χ4v) is 5.67. The van der Waals surface area contributed by atoms with Gasteiger partial charge in [-0.05, 0) is 44.9 Å². The number of anilines is 1. The topological polar surface area (TPSA) is 101 Å². The minimum Gasteiger partial charge on any atom is -0.379 e. The van der Waals surface area contributed by atoms with Gasteiger partial charge in [-0.25, -0.2) is 9.37 Å². The van der Waals surface area contributed by atoms with Crippen LogP contribution in [0.3, 0.4) is 0 Å². The lowest BCUT2D eigenvalue weighted by atomic mass is 10.0. The van der Waals surface area contributed by atoms with E-state index in [2.05, 4.69) is 15.0 Å². The quantitative estimate of drug-likeness (QED) is 0.620. The van der Waals surface area contributed by atoms with Crippen LogP contribution >= 0.6 is 22.9 Å². The molecule has 2 aromatic rings. The molecule has 1 aromatic carbocycles. The highest BCUT2D eigenvalue weighted by Crippen LogP contribution is 2.31. The highest BCUT2D eigenvalue weighted by Gasteiger charge is 2.44. The molecule has 1 aliphatic heterocycles.